The van der Waals surface area contributed by atoms with Crippen molar-refractivity contribution in [2.45, 2.75) is 25.7 Å². The minimum atomic E-state index is -0.135. The molecular formula is C14H12Br2N2OS. The molecule has 1 aromatic heterocycles. The first-order valence-corrected chi connectivity index (χ1v) is 8.79. The third kappa shape index (κ3) is 2.97. The number of fused-ring (bicyclic) bond motifs is 1. The number of rotatable bonds is 2. The maximum Gasteiger partial charge on any atom is 0.258 e. The second-order valence-corrected chi connectivity index (χ2v) is 7.53. The van der Waals surface area contributed by atoms with Gasteiger partial charge in [-0.05, 0) is 59.8 Å². The van der Waals surface area contributed by atoms with E-state index in [1.807, 2.05) is 12.1 Å². The molecule has 0 unspecified atom stereocenters. The Balaban J connectivity index is 1.82. The van der Waals surface area contributed by atoms with Gasteiger partial charge in [0.05, 0.1) is 11.3 Å². The molecule has 3 nitrogen and oxygen atoms in total. The summed E-state index contributed by atoms with van der Waals surface area (Å²) in [6.45, 7) is 0. The quantitative estimate of drug-likeness (QED) is 0.765. The number of carbonyl (C=O) groups is 1. The lowest BCUT2D eigenvalue weighted by atomic mass is 10.0. The molecule has 0 atom stereocenters. The van der Waals surface area contributed by atoms with Crippen LogP contribution in [0.1, 0.15) is 33.8 Å². The van der Waals surface area contributed by atoms with E-state index in [9.17, 15) is 4.79 Å². The standard InChI is InChI=1S/C14H12Br2N2OS/c15-8-5-6-10(16)9(7-8)13(19)18-14-17-11-3-1-2-4-12(11)20-14/h5-7H,1-4H2,(H,17,18,19). The van der Waals surface area contributed by atoms with Crippen LogP contribution in [0.4, 0.5) is 5.13 Å². The van der Waals surface area contributed by atoms with Gasteiger partial charge in [0, 0.05) is 13.8 Å². The zero-order valence-electron chi connectivity index (χ0n) is 10.6. The fourth-order valence-corrected chi connectivity index (χ4v) is 4.07. The lowest BCUT2D eigenvalue weighted by Gasteiger charge is -2.06. The highest BCUT2D eigenvalue weighted by atomic mass is 79.9. The van der Waals surface area contributed by atoms with Crippen molar-refractivity contribution in [2.75, 3.05) is 5.32 Å². The molecule has 1 aromatic carbocycles. The average molecular weight is 416 g/mol. The topological polar surface area (TPSA) is 42.0 Å². The van der Waals surface area contributed by atoms with E-state index < -0.39 is 0 Å². The fraction of sp³-hybridized carbons (Fsp3) is 0.286. The number of hydrogen-bond acceptors (Lipinski definition) is 3. The summed E-state index contributed by atoms with van der Waals surface area (Å²) < 4.78 is 1.66. The molecule has 0 radical (unpaired) electrons. The van der Waals surface area contributed by atoms with Crippen LogP contribution in [0.25, 0.3) is 0 Å². The summed E-state index contributed by atoms with van der Waals surface area (Å²) in [5.41, 5.74) is 1.76. The summed E-state index contributed by atoms with van der Waals surface area (Å²) in [7, 11) is 0. The lowest BCUT2D eigenvalue weighted by molar-refractivity contribution is 0.102. The molecule has 0 aliphatic heterocycles. The molecule has 0 spiro atoms. The Bertz CT molecular complexity index is 646. The van der Waals surface area contributed by atoms with E-state index in [-0.39, 0.29) is 5.91 Å². The largest absolute Gasteiger partial charge is 0.298 e. The number of aromatic nitrogens is 1. The van der Waals surface area contributed by atoms with Crippen LogP contribution in [0.2, 0.25) is 0 Å². The van der Waals surface area contributed by atoms with E-state index in [2.05, 4.69) is 42.2 Å². The molecule has 0 bridgehead atoms. The van der Waals surface area contributed by atoms with Crippen molar-refractivity contribution < 1.29 is 4.79 Å². The summed E-state index contributed by atoms with van der Waals surface area (Å²) in [4.78, 5) is 18.2. The van der Waals surface area contributed by atoms with Crippen molar-refractivity contribution >= 4 is 54.2 Å². The van der Waals surface area contributed by atoms with Gasteiger partial charge >= 0.3 is 0 Å². The molecule has 0 saturated carbocycles. The van der Waals surface area contributed by atoms with Gasteiger partial charge in [-0.3, -0.25) is 10.1 Å². The van der Waals surface area contributed by atoms with Gasteiger partial charge in [0.1, 0.15) is 0 Å². The molecule has 0 saturated heterocycles. The summed E-state index contributed by atoms with van der Waals surface area (Å²) in [5, 5.41) is 3.60. The van der Waals surface area contributed by atoms with Gasteiger partial charge in [-0.2, -0.15) is 0 Å². The van der Waals surface area contributed by atoms with Crippen LogP contribution in [0.3, 0.4) is 0 Å². The predicted octanol–water partition coefficient (Wildman–Crippen LogP) is 4.80. The van der Waals surface area contributed by atoms with Crippen molar-refractivity contribution in [3.8, 4) is 0 Å². The average Bonchev–Trinajstić information content (AvgIpc) is 2.83. The zero-order valence-corrected chi connectivity index (χ0v) is 14.6. The molecule has 1 amide bonds. The number of thiazole rings is 1. The number of halogens is 2. The van der Waals surface area contributed by atoms with E-state index in [4.69, 9.17) is 0 Å². The molecule has 1 aliphatic carbocycles. The van der Waals surface area contributed by atoms with Crippen LogP contribution in [0.15, 0.2) is 27.1 Å². The molecule has 1 N–H and O–H groups in total. The molecule has 2 aromatic rings. The maximum atomic E-state index is 12.3. The van der Waals surface area contributed by atoms with Gasteiger partial charge in [-0.25, -0.2) is 4.98 Å². The van der Waals surface area contributed by atoms with Crippen LogP contribution < -0.4 is 5.32 Å². The van der Waals surface area contributed by atoms with Crippen LogP contribution in [-0.2, 0) is 12.8 Å². The van der Waals surface area contributed by atoms with E-state index in [0.29, 0.717) is 10.7 Å². The summed E-state index contributed by atoms with van der Waals surface area (Å²) in [6.07, 6.45) is 4.53. The van der Waals surface area contributed by atoms with Crippen LogP contribution in [-0.4, -0.2) is 10.9 Å². The predicted molar refractivity (Wildman–Crippen MR) is 88.6 cm³/mol. The van der Waals surface area contributed by atoms with E-state index in [1.165, 1.54) is 17.7 Å². The molecule has 104 valence electrons. The van der Waals surface area contributed by atoms with Gasteiger partial charge in [0.15, 0.2) is 5.13 Å². The maximum absolute atomic E-state index is 12.3. The second kappa shape index (κ2) is 5.95. The highest BCUT2D eigenvalue weighted by Gasteiger charge is 2.17. The Kier molecular flexibility index (Phi) is 4.23. The van der Waals surface area contributed by atoms with Crippen LogP contribution in [0, 0.1) is 0 Å². The molecule has 1 aliphatic rings. The van der Waals surface area contributed by atoms with Gasteiger partial charge in [-0.15, -0.1) is 11.3 Å². The fourth-order valence-electron chi connectivity index (χ4n) is 2.24. The second-order valence-electron chi connectivity index (χ2n) is 4.67. The number of hydrogen-bond donors (Lipinski definition) is 1. The number of aryl methyl sites for hydroxylation is 2. The van der Waals surface area contributed by atoms with Crippen LogP contribution in [0.5, 0.6) is 0 Å². The minimum Gasteiger partial charge on any atom is -0.298 e. The van der Waals surface area contributed by atoms with Gasteiger partial charge < -0.3 is 0 Å². The molecule has 1 heterocycles. The number of nitrogens with one attached hydrogen (secondary N) is 1. The third-order valence-corrected chi connectivity index (χ3v) is 5.50. The van der Waals surface area contributed by atoms with Crippen molar-refractivity contribution in [3.63, 3.8) is 0 Å². The smallest absolute Gasteiger partial charge is 0.258 e. The molecule has 0 fully saturated rings. The number of amides is 1. The first-order valence-electron chi connectivity index (χ1n) is 6.38. The molecule has 6 heteroatoms. The van der Waals surface area contributed by atoms with E-state index >= 15 is 0 Å². The Labute approximate surface area is 138 Å². The summed E-state index contributed by atoms with van der Waals surface area (Å²) in [6, 6.07) is 5.54. The van der Waals surface area contributed by atoms with Gasteiger partial charge in [0.25, 0.3) is 5.91 Å². The number of benzene rings is 1. The molecular weight excluding hydrogens is 404 g/mol. The Hall–Kier alpha value is -0.720. The zero-order chi connectivity index (χ0) is 14.1. The Morgan fingerprint density at radius 3 is 2.85 bits per heavy atom. The van der Waals surface area contributed by atoms with Crippen molar-refractivity contribution in [2.24, 2.45) is 0 Å². The Morgan fingerprint density at radius 1 is 1.25 bits per heavy atom. The molecule has 3 rings (SSSR count). The van der Waals surface area contributed by atoms with E-state index in [1.54, 1.807) is 17.4 Å². The number of nitrogens with zero attached hydrogens (tertiary/aromatic N) is 1. The first-order chi connectivity index (χ1) is 9.63. The van der Waals surface area contributed by atoms with Gasteiger partial charge in [-0.1, -0.05) is 15.9 Å². The lowest BCUT2D eigenvalue weighted by Crippen LogP contribution is -2.12. The normalized spacial score (nSPS) is 13.9. The first kappa shape index (κ1) is 14.2. The van der Waals surface area contributed by atoms with Crippen molar-refractivity contribution in [1.29, 1.82) is 0 Å². The number of carbonyl (C=O) groups excluding carboxylic acids is 1. The number of anilines is 1. The van der Waals surface area contributed by atoms with E-state index in [0.717, 1.165) is 27.5 Å². The Morgan fingerprint density at radius 2 is 2.05 bits per heavy atom. The summed E-state index contributed by atoms with van der Waals surface area (Å²) >= 11 is 8.38. The summed E-state index contributed by atoms with van der Waals surface area (Å²) in [5.74, 6) is -0.135. The minimum absolute atomic E-state index is 0.135. The molecule has 20 heavy (non-hydrogen) atoms. The third-order valence-electron chi connectivity index (χ3n) is 3.24. The highest BCUT2D eigenvalue weighted by molar-refractivity contribution is 9.11. The SMILES string of the molecule is O=C(Nc1nc2c(s1)CCCC2)c1cc(Br)ccc1Br. The van der Waals surface area contributed by atoms with Gasteiger partial charge in [0.2, 0.25) is 0 Å². The van der Waals surface area contributed by atoms with Crippen molar-refractivity contribution in [1.82, 2.24) is 4.98 Å². The van der Waals surface area contributed by atoms with Crippen molar-refractivity contribution in [3.05, 3.63) is 43.3 Å². The monoisotopic (exact) mass is 414 g/mol. The highest BCUT2D eigenvalue weighted by Crippen LogP contribution is 2.30. The van der Waals surface area contributed by atoms with Crippen LogP contribution >= 0.6 is 43.2 Å².